The molecule has 2 nitrogen and oxygen atoms in total. The van der Waals surface area contributed by atoms with Gasteiger partial charge in [-0.1, -0.05) is 30.3 Å². The van der Waals surface area contributed by atoms with Crippen molar-refractivity contribution >= 4 is 0 Å². The van der Waals surface area contributed by atoms with E-state index in [1.807, 2.05) is 18.2 Å². The summed E-state index contributed by atoms with van der Waals surface area (Å²) in [5, 5.41) is 9.92. The van der Waals surface area contributed by atoms with Crippen LogP contribution in [-0.4, -0.2) is 23.9 Å². The molecule has 0 saturated carbocycles. The first-order valence-electron chi connectivity index (χ1n) is 6.68. The van der Waals surface area contributed by atoms with Crippen LogP contribution >= 0.6 is 0 Å². The van der Waals surface area contributed by atoms with Crippen molar-refractivity contribution in [3.05, 3.63) is 35.9 Å². The average Bonchev–Trinajstić information content (AvgIpc) is 2.88. The lowest BCUT2D eigenvalue weighted by Crippen LogP contribution is -2.13. The number of aryl methyl sites for hydroxylation is 1. The molecule has 17 heavy (non-hydrogen) atoms. The largest absolute Gasteiger partial charge is 0.393 e. The monoisotopic (exact) mass is 234 g/mol. The molecule has 0 spiro atoms. The van der Waals surface area contributed by atoms with Crippen LogP contribution in [0.2, 0.25) is 0 Å². The van der Waals surface area contributed by atoms with E-state index in [2.05, 4.69) is 12.1 Å². The molecule has 1 heterocycles. The zero-order chi connectivity index (χ0) is 11.9. The van der Waals surface area contributed by atoms with Crippen molar-refractivity contribution in [3.63, 3.8) is 0 Å². The molecular formula is C15H22O2. The van der Waals surface area contributed by atoms with Crippen LogP contribution in [-0.2, 0) is 11.2 Å². The molecule has 0 aliphatic carbocycles. The van der Waals surface area contributed by atoms with Gasteiger partial charge in [0, 0.05) is 6.61 Å². The van der Waals surface area contributed by atoms with Gasteiger partial charge in [-0.15, -0.1) is 0 Å². The Balaban J connectivity index is 1.62. The lowest BCUT2D eigenvalue weighted by molar-refractivity contribution is 0.0791. The van der Waals surface area contributed by atoms with E-state index < -0.39 is 0 Å². The van der Waals surface area contributed by atoms with Gasteiger partial charge in [-0.3, -0.25) is 0 Å². The van der Waals surface area contributed by atoms with E-state index >= 15 is 0 Å². The average molecular weight is 234 g/mol. The molecule has 1 aliphatic rings. The summed E-state index contributed by atoms with van der Waals surface area (Å²) >= 11 is 0. The lowest BCUT2D eigenvalue weighted by Gasteiger charge is -2.13. The number of benzene rings is 1. The van der Waals surface area contributed by atoms with E-state index in [9.17, 15) is 5.11 Å². The Kier molecular flexibility index (Phi) is 5.02. The summed E-state index contributed by atoms with van der Waals surface area (Å²) in [6.45, 7) is 0.908. The molecule has 2 heteroatoms. The zero-order valence-electron chi connectivity index (χ0n) is 10.3. The van der Waals surface area contributed by atoms with Crippen molar-refractivity contribution in [1.29, 1.82) is 0 Å². The molecule has 1 aromatic rings. The number of rotatable bonds is 6. The van der Waals surface area contributed by atoms with Gasteiger partial charge in [-0.2, -0.15) is 0 Å². The minimum absolute atomic E-state index is 0.181. The Bertz CT molecular complexity index is 304. The van der Waals surface area contributed by atoms with E-state index in [1.165, 1.54) is 18.4 Å². The highest BCUT2D eigenvalue weighted by Gasteiger charge is 2.16. The fourth-order valence-corrected chi connectivity index (χ4v) is 2.37. The Hall–Kier alpha value is -0.860. The van der Waals surface area contributed by atoms with E-state index in [1.54, 1.807) is 0 Å². The minimum atomic E-state index is -0.181. The molecule has 94 valence electrons. The van der Waals surface area contributed by atoms with Crippen molar-refractivity contribution in [2.75, 3.05) is 6.61 Å². The van der Waals surface area contributed by atoms with Gasteiger partial charge < -0.3 is 9.84 Å². The van der Waals surface area contributed by atoms with Crippen molar-refractivity contribution in [3.8, 4) is 0 Å². The second-order valence-corrected chi connectivity index (χ2v) is 4.89. The van der Waals surface area contributed by atoms with Gasteiger partial charge in [0.05, 0.1) is 12.2 Å². The number of ether oxygens (including phenoxy) is 1. The third kappa shape index (κ3) is 4.49. The van der Waals surface area contributed by atoms with E-state index in [-0.39, 0.29) is 6.10 Å². The Morgan fingerprint density at radius 1 is 1.24 bits per heavy atom. The van der Waals surface area contributed by atoms with Gasteiger partial charge in [0.25, 0.3) is 0 Å². The van der Waals surface area contributed by atoms with Crippen LogP contribution in [0, 0.1) is 0 Å². The highest BCUT2D eigenvalue weighted by Crippen LogP contribution is 2.19. The number of aliphatic hydroxyl groups excluding tert-OH is 1. The summed E-state index contributed by atoms with van der Waals surface area (Å²) in [7, 11) is 0. The maximum Gasteiger partial charge on any atom is 0.0577 e. The Morgan fingerprint density at radius 2 is 2.06 bits per heavy atom. The SMILES string of the molecule is OC(CCc1ccccc1)CCC1CCCO1. The fourth-order valence-electron chi connectivity index (χ4n) is 2.37. The van der Waals surface area contributed by atoms with E-state index in [0.717, 1.165) is 32.3 Å². The van der Waals surface area contributed by atoms with Gasteiger partial charge in [0.2, 0.25) is 0 Å². The Labute approximate surface area is 104 Å². The van der Waals surface area contributed by atoms with E-state index in [4.69, 9.17) is 4.74 Å². The topological polar surface area (TPSA) is 29.5 Å². The molecule has 1 fully saturated rings. The molecule has 1 aromatic carbocycles. The molecule has 0 amide bonds. The summed E-state index contributed by atoms with van der Waals surface area (Å²) in [5.74, 6) is 0. The highest BCUT2D eigenvalue weighted by atomic mass is 16.5. The predicted octanol–water partition coefficient (Wildman–Crippen LogP) is 2.94. The quantitative estimate of drug-likeness (QED) is 0.820. The number of hydrogen-bond donors (Lipinski definition) is 1. The van der Waals surface area contributed by atoms with Crippen molar-refractivity contribution in [2.45, 2.75) is 50.7 Å². The first kappa shape index (κ1) is 12.6. The van der Waals surface area contributed by atoms with Crippen LogP contribution in [0.1, 0.15) is 37.7 Å². The van der Waals surface area contributed by atoms with Gasteiger partial charge in [0.15, 0.2) is 0 Å². The van der Waals surface area contributed by atoms with Crippen LogP contribution in [0.15, 0.2) is 30.3 Å². The summed E-state index contributed by atoms with van der Waals surface area (Å²) in [6, 6.07) is 10.4. The first-order valence-corrected chi connectivity index (χ1v) is 6.68. The second kappa shape index (κ2) is 6.77. The number of hydrogen-bond acceptors (Lipinski definition) is 2. The van der Waals surface area contributed by atoms with Crippen molar-refractivity contribution < 1.29 is 9.84 Å². The lowest BCUT2D eigenvalue weighted by atomic mass is 10.0. The molecule has 0 radical (unpaired) electrons. The zero-order valence-corrected chi connectivity index (χ0v) is 10.3. The van der Waals surface area contributed by atoms with Gasteiger partial charge >= 0.3 is 0 Å². The minimum Gasteiger partial charge on any atom is -0.393 e. The first-order chi connectivity index (χ1) is 8.34. The van der Waals surface area contributed by atoms with Crippen LogP contribution in [0.5, 0.6) is 0 Å². The third-order valence-corrected chi connectivity index (χ3v) is 3.45. The molecule has 0 bridgehead atoms. The van der Waals surface area contributed by atoms with Crippen LogP contribution < -0.4 is 0 Å². The number of aliphatic hydroxyl groups is 1. The second-order valence-electron chi connectivity index (χ2n) is 4.89. The van der Waals surface area contributed by atoms with Crippen LogP contribution in [0.4, 0.5) is 0 Å². The normalized spacial score (nSPS) is 21.6. The summed E-state index contributed by atoms with van der Waals surface area (Å²) in [4.78, 5) is 0. The van der Waals surface area contributed by atoms with Crippen LogP contribution in [0.25, 0.3) is 0 Å². The van der Waals surface area contributed by atoms with Gasteiger partial charge in [0.1, 0.15) is 0 Å². The predicted molar refractivity (Wildman–Crippen MR) is 69.0 cm³/mol. The molecule has 2 rings (SSSR count). The van der Waals surface area contributed by atoms with Gasteiger partial charge in [-0.05, 0) is 44.1 Å². The maximum atomic E-state index is 9.92. The Morgan fingerprint density at radius 3 is 2.76 bits per heavy atom. The molecule has 1 saturated heterocycles. The van der Waals surface area contributed by atoms with Crippen molar-refractivity contribution in [1.82, 2.24) is 0 Å². The maximum absolute atomic E-state index is 9.92. The van der Waals surface area contributed by atoms with Crippen molar-refractivity contribution in [2.24, 2.45) is 0 Å². The highest BCUT2D eigenvalue weighted by molar-refractivity contribution is 5.14. The molecular weight excluding hydrogens is 212 g/mol. The molecule has 2 unspecified atom stereocenters. The molecule has 0 aromatic heterocycles. The fraction of sp³-hybridized carbons (Fsp3) is 0.600. The van der Waals surface area contributed by atoms with Gasteiger partial charge in [-0.25, -0.2) is 0 Å². The summed E-state index contributed by atoms with van der Waals surface area (Å²) < 4.78 is 5.56. The van der Waals surface area contributed by atoms with E-state index in [0.29, 0.717) is 6.10 Å². The smallest absolute Gasteiger partial charge is 0.0577 e. The molecule has 2 atom stereocenters. The summed E-state index contributed by atoms with van der Waals surface area (Å²) in [6.07, 6.45) is 6.29. The van der Waals surface area contributed by atoms with Crippen LogP contribution in [0.3, 0.4) is 0 Å². The third-order valence-electron chi connectivity index (χ3n) is 3.45. The molecule has 1 N–H and O–H groups in total. The summed E-state index contributed by atoms with van der Waals surface area (Å²) in [5.41, 5.74) is 1.31. The molecule has 1 aliphatic heterocycles. The standard InChI is InChI=1S/C15H22O2/c16-14(10-11-15-7-4-12-17-15)9-8-13-5-2-1-3-6-13/h1-3,5-6,14-16H,4,7-12H2.